The third-order valence-electron chi connectivity index (χ3n) is 5.50. The van der Waals surface area contributed by atoms with E-state index in [0.717, 1.165) is 61.4 Å². The average Bonchev–Trinajstić information content (AvgIpc) is 2.80. The molecule has 31 heavy (non-hydrogen) atoms. The van der Waals surface area contributed by atoms with E-state index < -0.39 is 5.91 Å². The molecule has 2 saturated heterocycles. The standard InChI is InChI=1S/C17H22N4O.C5H10O.C2H5N/c1-11-3-4-15-12(9-11)10-14(16(18)22)17(20-15)21-7-5-13(19-2)6-8-21;1-2-4-6-5-3-1;1-2-3/h3-4,9-10,13,19H,5-8H2,1-2H3,(H2,18,22);1-5H2;2-3H,1H3. The van der Waals surface area contributed by atoms with Gasteiger partial charge in [-0.3, -0.25) is 4.79 Å². The Morgan fingerprint density at radius 1 is 1.23 bits per heavy atom. The van der Waals surface area contributed by atoms with E-state index in [9.17, 15) is 4.79 Å². The van der Waals surface area contributed by atoms with Crippen LogP contribution in [0.3, 0.4) is 0 Å². The summed E-state index contributed by atoms with van der Waals surface area (Å²) in [5, 5.41) is 10.4. The maximum atomic E-state index is 11.9. The van der Waals surface area contributed by atoms with Crippen LogP contribution in [0.15, 0.2) is 24.3 Å². The highest BCUT2D eigenvalue weighted by atomic mass is 16.5. The molecule has 170 valence electrons. The van der Waals surface area contributed by atoms with Crippen LogP contribution in [0.2, 0.25) is 0 Å². The van der Waals surface area contributed by atoms with Gasteiger partial charge in [0.2, 0.25) is 0 Å². The zero-order valence-electron chi connectivity index (χ0n) is 19.1. The Morgan fingerprint density at radius 2 is 1.87 bits per heavy atom. The predicted octanol–water partition coefficient (Wildman–Crippen LogP) is 3.67. The summed E-state index contributed by atoms with van der Waals surface area (Å²) in [6.45, 7) is 7.46. The van der Waals surface area contributed by atoms with Gasteiger partial charge in [0.05, 0.1) is 11.1 Å². The van der Waals surface area contributed by atoms with E-state index >= 15 is 0 Å². The molecule has 3 heterocycles. The summed E-state index contributed by atoms with van der Waals surface area (Å²) in [5.41, 5.74) is 8.15. The average molecular weight is 428 g/mol. The van der Waals surface area contributed by atoms with Crippen molar-refractivity contribution in [3.63, 3.8) is 0 Å². The van der Waals surface area contributed by atoms with E-state index in [2.05, 4.69) is 10.2 Å². The first kappa shape index (κ1) is 24.8. The van der Waals surface area contributed by atoms with Gasteiger partial charge in [0.15, 0.2) is 0 Å². The molecule has 0 unspecified atom stereocenters. The maximum absolute atomic E-state index is 11.9. The summed E-state index contributed by atoms with van der Waals surface area (Å²) in [5.74, 6) is 0.306. The van der Waals surface area contributed by atoms with Gasteiger partial charge in [0.25, 0.3) is 5.91 Å². The molecule has 0 aliphatic carbocycles. The molecular formula is C24H37N5O2. The number of pyridine rings is 1. The van der Waals surface area contributed by atoms with Gasteiger partial charge in [0.1, 0.15) is 5.82 Å². The molecule has 2 aliphatic heterocycles. The fourth-order valence-corrected chi connectivity index (χ4v) is 3.78. The predicted molar refractivity (Wildman–Crippen MR) is 128 cm³/mol. The second-order valence-electron chi connectivity index (χ2n) is 7.93. The number of carbonyl (C=O) groups is 1. The summed E-state index contributed by atoms with van der Waals surface area (Å²) in [6.07, 6.45) is 7.27. The summed E-state index contributed by atoms with van der Waals surface area (Å²) >= 11 is 0. The van der Waals surface area contributed by atoms with Gasteiger partial charge in [-0.25, -0.2) is 4.98 Å². The van der Waals surface area contributed by atoms with Crippen LogP contribution in [0.1, 0.15) is 54.9 Å². The minimum Gasteiger partial charge on any atom is -0.381 e. The molecule has 1 amide bonds. The van der Waals surface area contributed by atoms with Crippen LogP contribution in [0, 0.1) is 12.3 Å². The monoisotopic (exact) mass is 427 g/mol. The summed E-state index contributed by atoms with van der Waals surface area (Å²) < 4.78 is 5.07. The summed E-state index contributed by atoms with van der Waals surface area (Å²) in [7, 11) is 1.99. The van der Waals surface area contributed by atoms with E-state index in [1.165, 1.54) is 25.5 Å². The van der Waals surface area contributed by atoms with Crippen molar-refractivity contribution in [1.29, 1.82) is 5.41 Å². The van der Waals surface area contributed by atoms with Gasteiger partial charge in [0, 0.05) is 37.7 Å². The number of aromatic nitrogens is 1. The Labute approximate surface area is 185 Å². The molecule has 0 radical (unpaired) electrons. The molecule has 4 rings (SSSR count). The number of nitrogens with one attached hydrogen (secondary N) is 2. The first-order valence-electron chi connectivity index (χ1n) is 11.2. The molecule has 2 fully saturated rings. The van der Waals surface area contributed by atoms with E-state index in [-0.39, 0.29) is 0 Å². The number of aryl methyl sites for hydroxylation is 1. The number of piperidine rings is 1. The topological polar surface area (TPSA) is 104 Å². The number of rotatable bonds is 3. The Balaban J connectivity index is 0.000000318. The van der Waals surface area contributed by atoms with E-state index in [1.54, 1.807) is 6.92 Å². The van der Waals surface area contributed by atoms with E-state index in [0.29, 0.717) is 11.6 Å². The largest absolute Gasteiger partial charge is 0.381 e. The Bertz CT molecular complexity index is 832. The van der Waals surface area contributed by atoms with Crippen LogP contribution in [-0.4, -0.2) is 56.5 Å². The van der Waals surface area contributed by atoms with Crippen molar-refractivity contribution in [3.8, 4) is 0 Å². The summed E-state index contributed by atoms with van der Waals surface area (Å²) in [4.78, 5) is 18.7. The molecule has 7 heteroatoms. The number of nitrogens with two attached hydrogens (primary N) is 1. The second-order valence-corrected chi connectivity index (χ2v) is 7.93. The number of nitrogens with zero attached hydrogens (tertiary/aromatic N) is 2. The lowest BCUT2D eigenvalue weighted by molar-refractivity contribution is 0.0968. The zero-order valence-corrected chi connectivity index (χ0v) is 19.1. The first-order chi connectivity index (χ1) is 15.0. The number of hydrogen-bond acceptors (Lipinski definition) is 6. The van der Waals surface area contributed by atoms with Crippen molar-refractivity contribution in [2.24, 2.45) is 5.73 Å². The Morgan fingerprint density at radius 3 is 2.35 bits per heavy atom. The quantitative estimate of drug-likeness (QED) is 0.648. The van der Waals surface area contributed by atoms with Crippen LogP contribution in [0.25, 0.3) is 10.9 Å². The highest BCUT2D eigenvalue weighted by Gasteiger charge is 2.23. The number of ether oxygens (including phenoxy) is 1. The number of hydrogen-bond donors (Lipinski definition) is 3. The number of anilines is 1. The molecule has 1 aromatic carbocycles. The van der Waals surface area contributed by atoms with Gasteiger partial charge >= 0.3 is 0 Å². The van der Waals surface area contributed by atoms with Crippen LogP contribution < -0.4 is 16.0 Å². The van der Waals surface area contributed by atoms with Gasteiger partial charge in [-0.05, 0) is 77.4 Å². The van der Waals surface area contributed by atoms with Crippen molar-refractivity contribution in [3.05, 3.63) is 35.4 Å². The minimum atomic E-state index is -0.415. The zero-order chi connectivity index (χ0) is 22.6. The van der Waals surface area contributed by atoms with Crippen molar-refractivity contribution in [2.75, 3.05) is 38.3 Å². The van der Waals surface area contributed by atoms with Crippen molar-refractivity contribution < 1.29 is 9.53 Å². The second kappa shape index (κ2) is 13.0. The molecule has 0 atom stereocenters. The highest BCUT2D eigenvalue weighted by molar-refractivity contribution is 6.01. The molecule has 2 aliphatic rings. The molecule has 0 spiro atoms. The minimum absolute atomic E-state index is 0.415. The fourth-order valence-electron chi connectivity index (χ4n) is 3.78. The molecule has 2 aromatic rings. The molecule has 4 N–H and O–H groups in total. The van der Waals surface area contributed by atoms with Gasteiger partial charge in [-0.1, -0.05) is 11.6 Å². The third-order valence-corrected chi connectivity index (χ3v) is 5.50. The fraction of sp³-hybridized carbons (Fsp3) is 0.542. The lowest BCUT2D eigenvalue weighted by Gasteiger charge is -2.33. The van der Waals surface area contributed by atoms with Gasteiger partial charge in [-0.2, -0.15) is 0 Å². The lowest BCUT2D eigenvalue weighted by Crippen LogP contribution is -2.42. The van der Waals surface area contributed by atoms with Crippen molar-refractivity contribution in [2.45, 2.75) is 52.0 Å². The SMILES string of the molecule is C1CCOCC1.CC=N.CNC1CCN(c2nc3ccc(C)cc3cc2C(N)=O)CC1. The van der Waals surface area contributed by atoms with Crippen LogP contribution >= 0.6 is 0 Å². The number of fused-ring (bicyclic) bond motifs is 1. The number of carbonyl (C=O) groups excluding carboxylic acids is 1. The Kier molecular flexibility index (Phi) is 10.4. The van der Waals surface area contributed by atoms with Crippen molar-refractivity contribution >= 4 is 28.8 Å². The lowest BCUT2D eigenvalue weighted by atomic mass is 10.0. The molecule has 1 aromatic heterocycles. The van der Waals surface area contributed by atoms with Crippen LogP contribution in [-0.2, 0) is 4.74 Å². The molecule has 7 nitrogen and oxygen atoms in total. The van der Waals surface area contributed by atoms with E-state index in [4.69, 9.17) is 20.9 Å². The normalized spacial score (nSPS) is 16.5. The van der Waals surface area contributed by atoms with Gasteiger partial charge < -0.3 is 26.1 Å². The summed E-state index contributed by atoms with van der Waals surface area (Å²) in [6, 6.07) is 8.48. The van der Waals surface area contributed by atoms with Crippen molar-refractivity contribution in [1.82, 2.24) is 10.3 Å². The molecule has 0 saturated carbocycles. The Hall–Kier alpha value is -2.51. The van der Waals surface area contributed by atoms with Crippen LogP contribution in [0.5, 0.6) is 0 Å². The molecule has 0 bridgehead atoms. The highest BCUT2D eigenvalue weighted by Crippen LogP contribution is 2.26. The molecular weight excluding hydrogens is 390 g/mol. The smallest absolute Gasteiger partial charge is 0.252 e. The number of amides is 1. The maximum Gasteiger partial charge on any atom is 0.252 e. The first-order valence-corrected chi connectivity index (χ1v) is 11.2. The third kappa shape index (κ3) is 7.60. The van der Waals surface area contributed by atoms with Crippen LogP contribution in [0.4, 0.5) is 5.82 Å². The van der Waals surface area contributed by atoms with Gasteiger partial charge in [-0.15, -0.1) is 0 Å². The number of benzene rings is 1. The van der Waals surface area contributed by atoms with E-state index in [1.807, 2.05) is 38.2 Å². The number of primary amides is 1.